The second-order valence-corrected chi connectivity index (χ2v) is 21.5. The summed E-state index contributed by atoms with van der Waals surface area (Å²) in [5, 5.41) is 43.5. The maximum atomic E-state index is 14.2. The number of amides is 3. The standard InChI is InChI=1S/C53H57N9O12S/c1-6-34-36-23-32(63)11-14-41(36)55-45-38(34)27-61-42(45)25-40-39(50(61)68)28-73-51(69)53(40,7-2)74-52(70)59-21-19-58(20-22-59)49(67)30-15-17-60(18-16-30)75(71,72)33-12-9-31(10-13-33)62-46(56-57-47(62)48(66)54-8-3)37-24-35(29(4)5)43(64)26-44(37)65/h9-14,23-26,29-30,63-65H,6-8,15-22,27-28H2,1-5H3,(H,54,66). The van der Waals surface area contributed by atoms with E-state index in [9.17, 15) is 47.7 Å². The van der Waals surface area contributed by atoms with Crippen LogP contribution in [-0.4, -0.2) is 132 Å². The van der Waals surface area contributed by atoms with E-state index >= 15 is 0 Å². The molecular formula is C53H57N9O12S. The van der Waals surface area contributed by atoms with Crippen molar-refractivity contribution in [3.63, 3.8) is 0 Å². The number of esters is 1. The van der Waals surface area contributed by atoms with E-state index in [1.807, 2.05) is 20.8 Å². The topological polar surface area (TPSA) is 269 Å². The van der Waals surface area contributed by atoms with Gasteiger partial charge in [0.05, 0.1) is 39.5 Å². The number of aryl methyl sites for hydroxylation is 1. The van der Waals surface area contributed by atoms with Crippen molar-refractivity contribution in [3.8, 4) is 45.7 Å². The fourth-order valence-electron chi connectivity index (χ4n) is 10.9. The molecule has 0 aliphatic carbocycles. The number of hydrogen-bond donors (Lipinski definition) is 4. The van der Waals surface area contributed by atoms with Crippen molar-refractivity contribution in [2.75, 3.05) is 45.8 Å². The molecule has 10 rings (SSSR count). The van der Waals surface area contributed by atoms with Crippen LogP contribution in [0.5, 0.6) is 17.2 Å². The summed E-state index contributed by atoms with van der Waals surface area (Å²) in [4.78, 5) is 77.1. The molecule has 4 N–H and O–H groups in total. The van der Waals surface area contributed by atoms with Gasteiger partial charge in [-0.3, -0.25) is 19.0 Å². The molecule has 7 heterocycles. The van der Waals surface area contributed by atoms with Crippen LogP contribution >= 0.6 is 0 Å². The average molecular weight is 1040 g/mol. The molecule has 0 saturated carbocycles. The number of hydrogen-bond acceptors (Lipinski definition) is 15. The second-order valence-electron chi connectivity index (χ2n) is 19.5. The van der Waals surface area contributed by atoms with E-state index < -0.39 is 39.5 Å². The summed E-state index contributed by atoms with van der Waals surface area (Å²) in [6, 6.07) is 15.3. The molecule has 21 nitrogen and oxygen atoms in total. The van der Waals surface area contributed by atoms with Gasteiger partial charge in [-0.05, 0) is 104 Å². The number of rotatable bonds is 11. The van der Waals surface area contributed by atoms with Gasteiger partial charge in [0.15, 0.2) is 5.82 Å². The Morgan fingerprint density at radius 1 is 0.867 bits per heavy atom. The van der Waals surface area contributed by atoms with Crippen molar-refractivity contribution < 1.29 is 52.4 Å². The number of phenolic OH excluding ortho intramolecular Hbond substituents is 3. The third-order valence-corrected chi connectivity index (χ3v) is 16.9. The average Bonchev–Trinajstić information content (AvgIpc) is 4.04. The van der Waals surface area contributed by atoms with Crippen molar-refractivity contribution in [3.05, 3.63) is 105 Å². The number of cyclic esters (lactones) is 1. The molecular weight excluding hydrogens is 987 g/mol. The lowest BCUT2D eigenvalue weighted by atomic mass is 9.85. The first-order chi connectivity index (χ1) is 35.9. The van der Waals surface area contributed by atoms with Gasteiger partial charge in [0.25, 0.3) is 11.5 Å². The van der Waals surface area contributed by atoms with Gasteiger partial charge in [-0.25, -0.2) is 23.0 Å². The maximum Gasteiger partial charge on any atom is 0.411 e. The molecule has 22 heteroatoms. The molecule has 1 atom stereocenters. The third-order valence-electron chi connectivity index (χ3n) is 15.0. The van der Waals surface area contributed by atoms with Gasteiger partial charge in [0.1, 0.15) is 23.9 Å². The Morgan fingerprint density at radius 3 is 2.24 bits per heavy atom. The Kier molecular flexibility index (Phi) is 13.1. The molecule has 2 saturated heterocycles. The number of pyridine rings is 2. The number of aromatic nitrogens is 5. The Balaban J connectivity index is 0.796. The number of aromatic hydroxyl groups is 3. The fourth-order valence-corrected chi connectivity index (χ4v) is 12.3. The summed E-state index contributed by atoms with van der Waals surface area (Å²) in [7, 11) is -4.04. The van der Waals surface area contributed by atoms with E-state index in [1.165, 1.54) is 44.1 Å². The molecule has 3 aromatic carbocycles. The van der Waals surface area contributed by atoms with Gasteiger partial charge < -0.3 is 44.5 Å². The van der Waals surface area contributed by atoms with Crippen LogP contribution in [-0.2, 0) is 54.3 Å². The highest BCUT2D eigenvalue weighted by molar-refractivity contribution is 7.89. The van der Waals surface area contributed by atoms with Crippen molar-refractivity contribution in [2.24, 2.45) is 5.92 Å². The third kappa shape index (κ3) is 8.58. The number of nitrogens with one attached hydrogen (secondary N) is 1. The Morgan fingerprint density at radius 2 is 1.57 bits per heavy atom. The van der Waals surface area contributed by atoms with Gasteiger partial charge >= 0.3 is 12.1 Å². The predicted octanol–water partition coefficient (Wildman–Crippen LogP) is 5.27. The molecule has 392 valence electrons. The molecule has 0 spiro atoms. The first-order valence-corrected chi connectivity index (χ1v) is 26.6. The molecule has 6 aromatic rings. The first-order valence-electron chi connectivity index (χ1n) is 25.2. The van der Waals surface area contributed by atoms with E-state index in [2.05, 4.69) is 15.5 Å². The lowest BCUT2D eigenvalue weighted by Crippen LogP contribution is -2.55. The summed E-state index contributed by atoms with van der Waals surface area (Å²) in [5.74, 6) is -2.41. The first kappa shape index (κ1) is 50.7. The quantitative estimate of drug-likeness (QED) is 0.120. The minimum atomic E-state index is -4.04. The predicted molar refractivity (Wildman–Crippen MR) is 272 cm³/mol. The van der Waals surface area contributed by atoms with Gasteiger partial charge in [-0.1, -0.05) is 27.7 Å². The largest absolute Gasteiger partial charge is 0.508 e. The highest BCUT2D eigenvalue weighted by Gasteiger charge is 2.51. The van der Waals surface area contributed by atoms with E-state index in [-0.39, 0.29) is 140 Å². The second kappa shape index (κ2) is 19.4. The Hall–Kier alpha value is -7.85. The number of piperazine rings is 1. The summed E-state index contributed by atoms with van der Waals surface area (Å²) in [5.41, 5.74) is 2.66. The maximum absolute atomic E-state index is 14.2. The van der Waals surface area contributed by atoms with E-state index in [0.717, 1.165) is 16.5 Å². The summed E-state index contributed by atoms with van der Waals surface area (Å²) >= 11 is 0. The highest BCUT2D eigenvalue weighted by atomic mass is 32.2. The molecule has 0 bridgehead atoms. The Labute approximate surface area is 431 Å². The highest BCUT2D eigenvalue weighted by Crippen LogP contribution is 2.43. The number of nitrogens with zero attached hydrogens (tertiary/aromatic N) is 8. The zero-order valence-corrected chi connectivity index (χ0v) is 42.9. The molecule has 1 unspecified atom stereocenters. The lowest BCUT2D eigenvalue weighted by Gasteiger charge is -2.40. The SMILES string of the molecule is CCNC(=O)c1nnc(-c2cc(C(C)C)c(O)cc2O)n1-c1ccc(S(=O)(=O)N2CCC(C(=O)N3CCN(C(=O)OC4(CC)C(=O)OCc5c4cc4n(c5=O)Cc5c-4nc4ccc(O)cc4c5CC)CC3)CC2)cc1. The molecule has 0 radical (unpaired) electrons. The minimum absolute atomic E-state index is 0.0157. The number of carbonyl (C=O) groups excluding carboxylic acids is 4. The van der Waals surface area contributed by atoms with Crippen LogP contribution in [0, 0.1) is 5.92 Å². The number of fused-ring (bicyclic) bond motifs is 5. The van der Waals surface area contributed by atoms with Crippen LogP contribution in [0.1, 0.15) is 98.2 Å². The summed E-state index contributed by atoms with van der Waals surface area (Å²) in [6.45, 7) is 10.1. The van der Waals surface area contributed by atoms with E-state index in [1.54, 1.807) is 53.6 Å². The van der Waals surface area contributed by atoms with Gasteiger partial charge in [0, 0.05) is 80.0 Å². The number of carbonyl (C=O) groups is 4. The molecule has 75 heavy (non-hydrogen) atoms. The molecule has 3 aromatic heterocycles. The Bertz CT molecular complexity index is 3510. The smallest absolute Gasteiger partial charge is 0.411 e. The number of piperidine rings is 1. The van der Waals surface area contributed by atoms with Gasteiger partial charge in [-0.15, -0.1) is 10.2 Å². The molecule has 4 aliphatic heterocycles. The van der Waals surface area contributed by atoms with Crippen molar-refractivity contribution in [1.82, 2.24) is 43.7 Å². The molecule has 3 amide bonds. The van der Waals surface area contributed by atoms with Crippen LogP contribution in [0.25, 0.3) is 39.4 Å². The van der Waals surface area contributed by atoms with E-state index in [0.29, 0.717) is 41.1 Å². The van der Waals surface area contributed by atoms with Crippen molar-refractivity contribution in [2.45, 2.75) is 89.9 Å². The molecule has 4 aliphatic rings. The molecule has 2 fully saturated rings. The summed E-state index contributed by atoms with van der Waals surface area (Å²) in [6.07, 6.45) is 0.303. The normalized spacial score (nSPS) is 17.9. The lowest BCUT2D eigenvalue weighted by molar-refractivity contribution is -0.173. The van der Waals surface area contributed by atoms with E-state index in [4.69, 9.17) is 14.5 Å². The number of ether oxygens (including phenoxy) is 2. The monoisotopic (exact) mass is 1040 g/mol. The zero-order chi connectivity index (χ0) is 53.2. The van der Waals surface area contributed by atoms with Gasteiger partial charge in [-0.2, -0.15) is 4.31 Å². The van der Waals surface area contributed by atoms with Gasteiger partial charge in [0.2, 0.25) is 27.4 Å². The van der Waals surface area contributed by atoms with Crippen LogP contribution < -0.4 is 10.9 Å². The number of sulfonamides is 1. The van der Waals surface area contributed by atoms with Crippen molar-refractivity contribution in [1.29, 1.82) is 0 Å². The van der Waals surface area contributed by atoms with Crippen molar-refractivity contribution >= 4 is 44.8 Å². The van der Waals surface area contributed by atoms with Crippen LogP contribution in [0.15, 0.2) is 70.4 Å². The fraction of sp³-hybridized carbons (Fsp3) is 0.396. The van der Waals surface area contributed by atoms with Crippen LogP contribution in [0.3, 0.4) is 0 Å². The minimum Gasteiger partial charge on any atom is -0.508 e. The van der Waals surface area contributed by atoms with Crippen LogP contribution in [0.2, 0.25) is 0 Å². The zero-order valence-electron chi connectivity index (χ0n) is 42.1. The summed E-state index contributed by atoms with van der Waals surface area (Å²) < 4.78 is 44.1. The van der Waals surface area contributed by atoms with Crippen LogP contribution in [0.4, 0.5) is 4.79 Å². The number of phenols is 3. The number of benzene rings is 3.